The van der Waals surface area contributed by atoms with Crippen LogP contribution in [-0.4, -0.2) is 39.3 Å². The van der Waals surface area contributed by atoms with Crippen molar-refractivity contribution in [2.45, 2.75) is 52.6 Å². The molecule has 0 radical (unpaired) electrons. The Morgan fingerprint density at radius 3 is 2.25 bits per heavy atom. The fourth-order valence-corrected chi connectivity index (χ4v) is 1.90. The largest absolute Gasteiger partial charge is 0.464 e. The summed E-state index contributed by atoms with van der Waals surface area (Å²) in [5.41, 5.74) is -0.401. The van der Waals surface area contributed by atoms with Gasteiger partial charge in [-0.05, 0) is 32.3 Å². The van der Waals surface area contributed by atoms with Gasteiger partial charge in [0.05, 0.1) is 6.21 Å². The maximum Gasteiger partial charge on any atom is 0.425 e. The van der Waals surface area contributed by atoms with Crippen LogP contribution < -0.4 is 4.90 Å². The van der Waals surface area contributed by atoms with E-state index in [2.05, 4.69) is 10.1 Å². The monoisotopic (exact) mass is 337 g/mol. The van der Waals surface area contributed by atoms with Gasteiger partial charge in [-0.15, -0.1) is 0 Å². The second-order valence-corrected chi connectivity index (χ2v) is 7.23. The molecule has 1 aromatic heterocycles. The molecule has 132 valence electrons. The predicted molar refractivity (Wildman–Crippen MR) is 89.1 cm³/mol. The van der Waals surface area contributed by atoms with Gasteiger partial charge in [0.15, 0.2) is 5.82 Å². The highest BCUT2D eigenvalue weighted by molar-refractivity contribution is 6.08. The Morgan fingerprint density at radius 1 is 1.25 bits per heavy atom. The third-order valence-electron chi connectivity index (χ3n) is 2.88. The SMILES string of the molecule is CC(C)(C)OC(=O)N(C(=O)O)c1ncc(/C=N/O)cc1C(C)(C)C. The first-order chi connectivity index (χ1) is 10.9. The number of carbonyl (C=O) groups excluding carboxylic acids is 1. The number of aromatic nitrogens is 1. The van der Waals surface area contributed by atoms with E-state index in [9.17, 15) is 14.7 Å². The molecule has 0 bridgehead atoms. The van der Waals surface area contributed by atoms with E-state index >= 15 is 0 Å². The zero-order valence-corrected chi connectivity index (χ0v) is 14.7. The van der Waals surface area contributed by atoms with E-state index < -0.39 is 23.2 Å². The number of nitrogens with zero attached hydrogens (tertiary/aromatic N) is 3. The van der Waals surface area contributed by atoms with Crippen molar-refractivity contribution in [3.8, 4) is 0 Å². The van der Waals surface area contributed by atoms with Crippen LogP contribution in [0, 0.1) is 0 Å². The molecule has 0 aromatic carbocycles. The number of rotatable bonds is 2. The quantitative estimate of drug-likeness (QED) is 0.484. The lowest BCUT2D eigenvalue weighted by Crippen LogP contribution is -2.42. The lowest BCUT2D eigenvalue weighted by atomic mass is 9.86. The van der Waals surface area contributed by atoms with Crippen LogP contribution in [0.25, 0.3) is 0 Å². The molecule has 8 heteroatoms. The lowest BCUT2D eigenvalue weighted by molar-refractivity contribution is 0.0580. The first-order valence-electron chi connectivity index (χ1n) is 7.31. The van der Waals surface area contributed by atoms with E-state index in [4.69, 9.17) is 9.94 Å². The molecule has 0 atom stereocenters. The summed E-state index contributed by atoms with van der Waals surface area (Å²) in [6.07, 6.45) is -0.0442. The Balaban J connectivity index is 3.48. The molecule has 0 aliphatic heterocycles. The summed E-state index contributed by atoms with van der Waals surface area (Å²) in [5.74, 6) is -0.0423. The van der Waals surface area contributed by atoms with Gasteiger partial charge in [-0.3, -0.25) is 0 Å². The van der Waals surface area contributed by atoms with E-state index in [1.54, 1.807) is 26.8 Å². The molecule has 0 aliphatic rings. The van der Waals surface area contributed by atoms with E-state index in [0.29, 0.717) is 16.0 Å². The summed E-state index contributed by atoms with van der Waals surface area (Å²) in [4.78, 5) is 28.5. The number of carboxylic acid groups (broad SMARTS) is 1. The van der Waals surface area contributed by atoms with E-state index in [1.165, 1.54) is 12.4 Å². The average molecular weight is 337 g/mol. The minimum atomic E-state index is -1.49. The highest BCUT2D eigenvalue weighted by atomic mass is 16.6. The van der Waals surface area contributed by atoms with Gasteiger partial charge in [0.1, 0.15) is 5.60 Å². The fourth-order valence-electron chi connectivity index (χ4n) is 1.90. The number of anilines is 1. The van der Waals surface area contributed by atoms with Gasteiger partial charge in [-0.1, -0.05) is 25.9 Å². The standard InChI is InChI=1S/C16H23N3O5/c1-15(2,3)11-7-10(9-18-23)8-17-12(11)19(13(20)21)14(22)24-16(4,5)6/h7-9,23H,1-6H3,(H,20,21)/b18-9+. The second kappa shape index (κ2) is 6.86. The Labute approximate surface area is 140 Å². The number of hydrogen-bond acceptors (Lipinski definition) is 6. The molecule has 0 saturated heterocycles. The third-order valence-corrected chi connectivity index (χ3v) is 2.88. The van der Waals surface area contributed by atoms with Crippen LogP contribution in [0.2, 0.25) is 0 Å². The summed E-state index contributed by atoms with van der Waals surface area (Å²) in [6, 6.07) is 1.61. The van der Waals surface area contributed by atoms with Crippen molar-refractivity contribution in [1.82, 2.24) is 4.98 Å². The van der Waals surface area contributed by atoms with Gasteiger partial charge in [-0.25, -0.2) is 14.6 Å². The molecule has 0 fully saturated rings. The third kappa shape index (κ3) is 4.94. The van der Waals surface area contributed by atoms with Gasteiger partial charge in [-0.2, -0.15) is 4.90 Å². The van der Waals surface area contributed by atoms with Crippen LogP contribution >= 0.6 is 0 Å². The van der Waals surface area contributed by atoms with Crippen LogP contribution in [0.3, 0.4) is 0 Å². The molecular formula is C16H23N3O5. The van der Waals surface area contributed by atoms with E-state index in [1.807, 2.05) is 20.8 Å². The Bertz CT molecular complexity index is 657. The Morgan fingerprint density at radius 2 is 1.83 bits per heavy atom. The zero-order valence-electron chi connectivity index (χ0n) is 14.7. The average Bonchev–Trinajstić information content (AvgIpc) is 2.37. The zero-order chi connectivity index (χ0) is 18.7. The molecule has 0 aliphatic carbocycles. The molecule has 2 N–H and O–H groups in total. The molecule has 1 rings (SSSR count). The molecule has 1 aromatic rings. The number of hydrogen-bond donors (Lipinski definition) is 2. The van der Waals surface area contributed by atoms with Crippen molar-refractivity contribution < 1.29 is 24.6 Å². The smallest absolute Gasteiger partial charge is 0.425 e. The maximum atomic E-state index is 12.3. The second-order valence-electron chi connectivity index (χ2n) is 7.23. The molecule has 0 unspecified atom stereocenters. The number of amides is 2. The van der Waals surface area contributed by atoms with Crippen molar-refractivity contribution >= 4 is 24.2 Å². The van der Waals surface area contributed by atoms with Crippen molar-refractivity contribution in [3.63, 3.8) is 0 Å². The van der Waals surface area contributed by atoms with Crippen LogP contribution in [-0.2, 0) is 10.2 Å². The predicted octanol–water partition coefficient (Wildman–Crippen LogP) is 3.61. The van der Waals surface area contributed by atoms with Crippen molar-refractivity contribution in [3.05, 3.63) is 23.4 Å². The maximum absolute atomic E-state index is 12.3. The summed E-state index contributed by atoms with van der Waals surface area (Å²) in [5, 5.41) is 21.1. The van der Waals surface area contributed by atoms with Crippen molar-refractivity contribution in [2.75, 3.05) is 4.90 Å². The van der Waals surface area contributed by atoms with Crippen LogP contribution in [0.4, 0.5) is 15.4 Å². The van der Waals surface area contributed by atoms with Crippen LogP contribution in [0.5, 0.6) is 0 Å². The van der Waals surface area contributed by atoms with Crippen molar-refractivity contribution in [1.29, 1.82) is 0 Å². The summed E-state index contributed by atoms with van der Waals surface area (Å²) < 4.78 is 5.16. The number of oxime groups is 1. The minimum absolute atomic E-state index is 0.0423. The summed E-state index contributed by atoms with van der Waals surface area (Å²) in [7, 11) is 0. The number of ether oxygens (including phenoxy) is 1. The Kier molecular flexibility index (Phi) is 5.54. The minimum Gasteiger partial charge on any atom is -0.464 e. The number of carbonyl (C=O) groups is 2. The highest BCUT2D eigenvalue weighted by Gasteiger charge is 2.34. The lowest BCUT2D eigenvalue weighted by Gasteiger charge is -2.28. The normalized spacial score (nSPS) is 12.2. The van der Waals surface area contributed by atoms with Crippen LogP contribution in [0.15, 0.2) is 17.4 Å². The van der Waals surface area contributed by atoms with Crippen molar-refractivity contribution in [2.24, 2.45) is 5.16 Å². The topological polar surface area (TPSA) is 112 Å². The van der Waals surface area contributed by atoms with Gasteiger partial charge >= 0.3 is 12.2 Å². The molecule has 0 saturated carbocycles. The first-order valence-corrected chi connectivity index (χ1v) is 7.31. The summed E-state index contributed by atoms with van der Waals surface area (Å²) >= 11 is 0. The van der Waals surface area contributed by atoms with Gasteiger partial charge in [0, 0.05) is 17.3 Å². The molecule has 2 amide bonds. The first kappa shape index (κ1) is 19.4. The Hall–Kier alpha value is -2.64. The van der Waals surface area contributed by atoms with E-state index in [0.717, 1.165) is 0 Å². The van der Waals surface area contributed by atoms with E-state index in [-0.39, 0.29) is 5.82 Å². The molecule has 24 heavy (non-hydrogen) atoms. The molecular weight excluding hydrogens is 314 g/mol. The fraction of sp³-hybridized carbons (Fsp3) is 0.500. The molecule has 1 heterocycles. The highest BCUT2D eigenvalue weighted by Crippen LogP contribution is 2.32. The number of pyridine rings is 1. The number of imide groups is 1. The van der Waals surface area contributed by atoms with Gasteiger partial charge < -0.3 is 15.1 Å². The van der Waals surface area contributed by atoms with Crippen LogP contribution in [0.1, 0.15) is 52.7 Å². The molecule has 8 nitrogen and oxygen atoms in total. The van der Waals surface area contributed by atoms with Gasteiger partial charge in [0.2, 0.25) is 0 Å². The van der Waals surface area contributed by atoms with Gasteiger partial charge in [0.25, 0.3) is 0 Å². The summed E-state index contributed by atoms with van der Waals surface area (Å²) in [6.45, 7) is 10.5. The molecule has 0 spiro atoms.